The SMILES string of the molecule is CC(C)C(=O)Cc1coc2cc(Cl)ccc12. The molecule has 0 fully saturated rings. The molecule has 0 radical (unpaired) electrons. The van der Waals surface area contributed by atoms with Crippen molar-refractivity contribution in [1.82, 2.24) is 0 Å². The third-order valence-electron chi connectivity index (χ3n) is 2.63. The van der Waals surface area contributed by atoms with Gasteiger partial charge in [0, 0.05) is 28.3 Å². The summed E-state index contributed by atoms with van der Waals surface area (Å²) in [7, 11) is 0. The van der Waals surface area contributed by atoms with Gasteiger partial charge in [-0.3, -0.25) is 4.79 Å². The molecule has 0 N–H and O–H groups in total. The van der Waals surface area contributed by atoms with Crippen molar-refractivity contribution in [2.75, 3.05) is 0 Å². The van der Waals surface area contributed by atoms with Crippen molar-refractivity contribution >= 4 is 28.4 Å². The topological polar surface area (TPSA) is 30.2 Å². The highest BCUT2D eigenvalue weighted by atomic mass is 35.5. The molecule has 16 heavy (non-hydrogen) atoms. The molecule has 3 heteroatoms. The highest BCUT2D eigenvalue weighted by Crippen LogP contribution is 2.25. The molecule has 0 aliphatic rings. The lowest BCUT2D eigenvalue weighted by Gasteiger charge is -2.01. The van der Waals surface area contributed by atoms with Gasteiger partial charge in [0.25, 0.3) is 0 Å². The van der Waals surface area contributed by atoms with Gasteiger partial charge >= 0.3 is 0 Å². The number of ketones is 1. The first-order valence-corrected chi connectivity index (χ1v) is 5.64. The van der Waals surface area contributed by atoms with E-state index in [0.717, 1.165) is 16.5 Å². The van der Waals surface area contributed by atoms with E-state index in [1.807, 2.05) is 26.0 Å². The maximum absolute atomic E-state index is 11.7. The second-order valence-corrected chi connectivity index (χ2v) is 4.64. The van der Waals surface area contributed by atoms with E-state index in [1.165, 1.54) is 0 Å². The van der Waals surface area contributed by atoms with Gasteiger partial charge < -0.3 is 4.42 Å². The zero-order valence-electron chi connectivity index (χ0n) is 9.29. The van der Waals surface area contributed by atoms with E-state index in [0.29, 0.717) is 11.4 Å². The van der Waals surface area contributed by atoms with Crippen LogP contribution in [0.1, 0.15) is 19.4 Å². The Labute approximate surface area is 99.2 Å². The minimum atomic E-state index is 0.0530. The zero-order chi connectivity index (χ0) is 11.7. The highest BCUT2D eigenvalue weighted by Gasteiger charge is 2.13. The summed E-state index contributed by atoms with van der Waals surface area (Å²) in [6.45, 7) is 3.81. The summed E-state index contributed by atoms with van der Waals surface area (Å²) in [6.07, 6.45) is 2.06. The second-order valence-electron chi connectivity index (χ2n) is 4.20. The standard InChI is InChI=1S/C13H13ClO2/c1-8(2)12(15)5-9-7-16-13-6-10(14)3-4-11(9)13/h3-4,6-8H,5H2,1-2H3. The largest absolute Gasteiger partial charge is 0.464 e. The van der Waals surface area contributed by atoms with Crippen molar-refractivity contribution < 1.29 is 9.21 Å². The Morgan fingerprint density at radius 1 is 1.44 bits per heavy atom. The van der Waals surface area contributed by atoms with E-state index >= 15 is 0 Å². The lowest BCUT2D eigenvalue weighted by molar-refractivity contribution is -0.121. The first kappa shape index (κ1) is 11.2. The van der Waals surface area contributed by atoms with Crippen LogP contribution in [0.25, 0.3) is 11.0 Å². The molecule has 2 rings (SSSR count). The number of benzene rings is 1. The van der Waals surface area contributed by atoms with E-state index in [-0.39, 0.29) is 11.7 Å². The van der Waals surface area contributed by atoms with Crippen molar-refractivity contribution in [2.24, 2.45) is 5.92 Å². The summed E-state index contributed by atoms with van der Waals surface area (Å²) in [6, 6.07) is 5.47. The number of rotatable bonds is 3. The van der Waals surface area contributed by atoms with Gasteiger partial charge in [0.05, 0.1) is 6.26 Å². The average molecular weight is 237 g/mol. The fourth-order valence-corrected chi connectivity index (χ4v) is 1.75. The van der Waals surface area contributed by atoms with Crippen LogP contribution in [-0.2, 0) is 11.2 Å². The van der Waals surface area contributed by atoms with E-state index in [4.69, 9.17) is 16.0 Å². The first-order valence-electron chi connectivity index (χ1n) is 5.26. The molecular weight excluding hydrogens is 224 g/mol. The van der Waals surface area contributed by atoms with Crippen LogP contribution in [0.5, 0.6) is 0 Å². The molecule has 84 valence electrons. The number of furan rings is 1. The van der Waals surface area contributed by atoms with Gasteiger partial charge in [-0.2, -0.15) is 0 Å². The van der Waals surface area contributed by atoms with Crippen LogP contribution in [-0.4, -0.2) is 5.78 Å². The molecule has 1 aromatic carbocycles. The number of carbonyl (C=O) groups excluding carboxylic acids is 1. The van der Waals surface area contributed by atoms with E-state index < -0.39 is 0 Å². The molecule has 0 aliphatic carbocycles. The molecule has 1 heterocycles. The van der Waals surface area contributed by atoms with Crippen LogP contribution in [0.15, 0.2) is 28.9 Å². The highest BCUT2D eigenvalue weighted by molar-refractivity contribution is 6.31. The van der Waals surface area contributed by atoms with E-state index in [1.54, 1.807) is 12.3 Å². The quantitative estimate of drug-likeness (QED) is 0.810. The third kappa shape index (κ3) is 2.12. The molecule has 0 bridgehead atoms. The maximum atomic E-state index is 11.7. The zero-order valence-corrected chi connectivity index (χ0v) is 10.0. The summed E-state index contributed by atoms with van der Waals surface area (Å²) in [5.74, 6) is 0.273. The predicted molar refractivity (Wildman–Crippen MR) is 64.8 cm³/mol. The van der Waals surface area contributed by atoms with Crippen molar-refractivity contribution in [1.29, 1.82) is 0 Å². The number of fused-ring (bicyclic) bond motifs is 1. The van der Waals surface area contributed by atoms with Crippen LogP contribution < -0.4 is 0 Å². The minimum Gasteiger partial charge on any atom is -0.464 e. The summed E-state index contributed by atoms with van der Waals surface area (Å²) in [5, 5.41) is 1.61. The van der Waals surface area contributed by atoms with Gasteiger partial charge in [0.1, 0.15) is 11.4 Å². The van der Waals surface area contributed by atoms with Gasteiger partial charge in [-0.25, -0.2) is 0 Å². The fraction of sp³-hybridized carbons (Fsp3) is 0.308. The van der Waals surface area contributed by atoms with E-state index in [2.05, 4.69) is 0 Å². The Hall–Kier alpha value is -1.28. The molecule has 0 unspecified atom stereocenters. The molecule has 0 atom stereocenters. The summed E-state index contributed by atoms with van der Waals surface area (Å²) < 4.78 is 5.37. The molecule has 0 spiro atoms. The normalized spacial score (nSPS) is 11.2. The Bertz CT molecular complexity index is 526. The number of Topliss-reactive ketones (excluding diaryl/α,β-unsaturated/α-hetero) is 1. The van der Waals surface area contributed by atoms with Crippen LogP contribution >= 0.6 is 11.6 Å². The smallest absolute Gasteiger partial charge is 0.139 e. The lowest BCUT2D eigenvalue weighted by atomic mass is 10.0. The summed E-state index contributed by atoms with van der Waals surface area (Å²) in [4.78, 5) is 11.7. The second kappa shape index (κ2) is 4.30. The van der Waals surface area contributed by atoms with Crippen molar-refractivity contribution in [3.63, 3.8) is 0 Å². The Kier molecular flexibility index (Phi) is 3.01. The van der Waals surface area contributed by atoms with Gasteiger partial charge in [0.2, 0.25) is 0 Å². The van der Waals surface area contributed by atoms with Crippen molar-refractivity contribution in [2.45, 2.75) is 20.3 Å². The summed E-state index contributed by atoms with van der Waals surface area (Å²) in [5.41, 5.74) is 1.67. The monoisotopic (exact) mass is 236 g/mol. The number of carbonyl (C=O) groups is 1. The van der Waals surface area contributed by atoms with Crippen molar-refractivity contribution in [3.05, 3.63) is 35.0 Å². The van der Waals surface area contributed by atoms with Gasteiger partial charge in [-0.15, -0.1) is 0 Å². The average Bonchev–Trinajstić information content (AvgIpc) is 2.60. The molecule has 1 aromatic heterocycles. The number of hydrogen-bond acceptors (Lipinski definition) is 2. The Morgan fingerprint density at radius 2 is 2.19 bits per heavy atom. The fourth-order valence-electron chi connectivity index (χ4n) is 1.59. The Balaban J connectivity index is 2.35. The van der Waals surface area contributed by atoms with Gasteiger partial charge in [-0.1, -0.05) is 25.4 Å². The molecule has 2 aromatic rings. The molecule has 0 saturated carbocycles. The number of halogens is 1. The molecule has 0 saturated heterocycles. The van der Waals surface area contributed by atoms with Crippen LogP contribution in [0.2, 0.25) is 5.02 Å². The van der Waals surface area contributed by atoms with Crippen LogP contribution in [0, 0.1) is 5.92 Å². The van der Waals surface area contributed by atoms with Crippen LogP contribution in [0.3, 0.4) is 0 Å². The van der Waals surface area contributed by atoms with Gasteiger partial charge in [-0.05, 0) is 18.2 Å². The van der Waals surface area contributed by atoms with Crippen LogP contribution in [0.4, 0.5) is 0 Å². The Morgan fingerprint density at radius 3 is 2.88 bits per heavy atom. The first-order chi connectivity index (χ1) is 7.58. The third-order valence-corrected chi connectivity index (χ3v) is 2.86. The van der Waals surface area contributed by atoms with Gasteiger partial charge in [0.15, 0.2) is 0 Å². The van der Waals surface area contributed by atoms with E-state index in [9.17, 15) is 4.79 Å². The predicted octanol–water partition coefficient (Wildman–Crippen LogP) is 3.85. The summed E-state index contributed by atoms with van der Waals surface area (Å²) >= 11 is 5.86. The molecular formula is C13H13ClO2. The lowest BCUT2D eigenvalue weighted by Crippen LogP contribution is -2.09. The van der Waals surface area contributed by atoms with Crippen molar-refractivity contribution in [3.8, 4) is 0 Å². The maximum Gasteiger partial charge on any atom is 0.139 e. The molecule has 2 nitrogen and oxygen atoms in total. The molecule has 0 aliphatic heterocycles. The molecule has 0 amide bonds. The number of hydrogen-bond donors (Lipinski definition) is 0. The minimum absolute atomic E-state index is 0.0530.